The summed E-state index contributed by atoms with van der Waals surface area (Å²) in [5.41, 5.74) is -0.590. The molecule has 2 heterocycles. The molecule has 1 spiro atoms. The molecular weight excluding hydrogens is 332 g/mol. The summed E-state index contributed by atoms with van der Waals surface area (Å²) in [5.74, 6) is 0.0423. The highest BCUT2D eigenvalue weighted by atomic mass is 16.2. The van der Waals surface area contributed by atoms with Gasteiger partial charge in [0.15, 0.2) is 0 Å². The van der Waals surface area contributed by atoms with Crippen LogP contribution in [-0.2, 0) is 9.59 Å². The first-order valence-corrected chi connectivity index (χ1v) is 9.85. The van der Waals surface area contributed by atoms with Gasteiger partial charge in [0.25, 0.3) is 5.91 Å². The molecule has 0 bridgehead atoms. The van der Waals surface area contributed by atoms with Gasteiger partial charge in [-0.2, -0.15) is 0 Å². The zero-order chi connectivity index (χ0) is 18.9. The number of hydrogen-bond acceptors (Lipinski definition) is 4. The Morgan fingerprint density at radius 1 is 1.23 bits per heavy atom. The summed E-state index contributed by atoms with van der Waals surface area (Å²) < 4.78 is 0. The molecule has 3 fully saturated rings. The van der Waals surface area contributed by atoms with E-state index >= 15 is 0 Å². The molecule has 146 valence electrons. The van der Waals surface area contributed by atoms with E-state index < -0.39 is 11.6 Å². The van der Waals surface area contributed by atoms with Crippen LogP contribution in [0, 0.1) is 11.3 Å². The third-order valence-corrected chi connectivity index (χ3v) is 6.32. The topological polar surface area (TPSA) is 90.5 Å². The Labute approximate surface area is 155 Å². The quantitative estimate of drug-likeness (QED) is 0.658. The second-order valence-electron chi connectivity index (χ2n) is 9.14. The molecule has 0 aromatic rings. The summed E-state index contributed by atoms with van der Waals surface area (Å²) >= 11 is 0. The minimum atomic E-state index is -0.799. The van der Waals surface area contributed by atoms with Crippen LogP contribution in [-0.4, -0.2) is 54.0 Å². The summed E-state index contributed by atoms with van der Waals surface area (Å²) in [5, 5.41) is 9.04. The van der Waals surface area contributed by atoms with E-state index in [-0.39, 0.29) is 23.8 Å². The molecule has 1 aliphatic carbocycles. The van der Waals surface area contributed by atoms with E-state index in [4.69, 9.17) is 0 Å². The monoisotopic (exact) mass is 364 g/mol. The molecule has 7 heteroatoms. The summed E-state index contributed by atoms with van der Waals surface area (Å²) in [6.07, 6.45) is 5.31. The predicted octanol–water partition coefficient (Wildman–Crippen LogP) is 1.38. The average molecular weight is 364 g/mol. The third kappa shape index (κ3) is 3.87. The lowest BCUT2D eigenvalue weighted by Crippen LogP contribution is -2.51. The SMILES string of the molecule is CC(C)(C)C1CCC2(CC1)NC(=O)N(CC(=O)NCC1CCCN1)C2=O. The second kappa shape index (κ2) is 7.18. The van der Waals surface area contributed by atoms with Gasteiger partial charge >= 0.3 is 6.03 Å². The number of rotatable bonds is 4. The van der Waals surface area contributed by atoms with Gasteiger partial charge in [-0.15, -0.1) is 0 Å². The smallest absolute Gasteiger partial charge is 0.325 e. The standard InChI is InChI=1S/C19H32N4O3/c1-18(2,3)13-6-8-19(9-7-13)16(25)23(17(26)22-19)12-15(24)21-11-14-5-4-10-20-14/h13-14,20H,4-12H2,1-3H3,(H,21,24)(H,22,26). The van der Waals surface area contributed by atoms with Gasteiger partial charge in [-0.25, -0.2) is 4.79 Å². The van der Waals surface area contributed by atoms with Gasteiger partial charge in [0.2, 0.25) is 5.91 Å². The predicted molar refractivity (Wildman–Crippen MR) is 98.4 cm³/mol. The molecule has 2 saturated heterocycles. The molecule has 1 unspecified atom stereocenters. The van der Waals surface area contributed by atoms with Crippen LogP contribution in [0.5, 0.6) is 0 Å². The second-order valence-corrected chi connectivity index (χ2v) is 9.14. The Hall–Kier alpha value is -1.63. The first-order valence-electron chi connectivity index (χ1n) is 9.85. The van der Waals surface area contributed by atoms with Crippen molar-refractivity contribution in [2.75, 3.05) is 19.6 Å². The summed E-state index contributed by atoms with van der Waals surface area (Å²) in [6, 6.07) is -0.139. The number of amides is 4. The van der Waals surface area contributed by atoms with Crippen LogP contribution in [0.25, 0.3) is 0 Å². The largest absolute Gasteiger partial charge is 0.353 e. The van der Waals surface area contributed by atoms with E-state index in [9.17, 15) is 14.4 Å². The fourth-order valence-corrected chi connectivity index (χ4v) is 4.50. The van der Waals surface area contributed by atoms with E-state index in [1.165, 1.54) is 0 Å². The van der Waals surface area contributed by atoms with Crippen molar-refractivity contribution in [3.63, 3.8) is 0 Å². The normalized spacial score (nSPS) is 32.2. The van der Waals surface area contributed by atoms with Gasteiger partial charge in [-0.1, -0.05) is 20.8 Å². The van der Waals surface area contributed by atoms with Crippen LogP contribution >= 0.6 is 0 Å². The zero-order valence-electron chi connectivity index (χ0n) is 16.2. The van der Waals surface area contributed by atoms with Crippen molar-refractivity contribution in [3.8, 4) is 0 Å². The molecule has 3 aliphatic rings. The van der Waals surface area contributed by atoms with Crippen LogP contribution in [0.3, 0.4) is 0 Å². The van der Waals surface area contributed by atoms with Gasteiger partial charge < -0.3 is 16.0 Å². The number of carbonyl (C=O) groups is 3. The van der Waals surface area contributed by atoms with Crippen LogP contribution < -0.4 is 16.0 Å². The Morgan fingerprint density at radius 2 is 1.92 bits per heavy atom. The fraction of sp³-hybridized carbons (Fsp3) is 0.842. The van der Waals surface area contributed by atoms with Crippen molar-refractivity contribution in [1.82, 2.24) is 20.9 Å². The summed E-state index contributed by atoms with van der Waals surface area (Å²) in [4.78, 5) is 38.5. The first-order chi connectivity index (χ1) is 12.2. The molecule has 7 nitrogen and oxygen atoms in total. The van der Waals surface area contributed by atoms with Crippen LogP contribution in [0.2, 0.25) is 0 Å². The molecule has 0 aromatic heterocycles. The van der Waals surface area contributed by atoms with E-state index in [2.05, 4.69) is 36.7 Å². The molecule has 4 amide bonds. The van der Waals surface area contributed by atoms with Crippen molar-refractivity contribution in [3.05, 3.63) is 0 Å². The molecular formula is C19H32N4O3. The Kier molecular flexibility index (Phi) is 5.28. The average Bonchev–Trinajstić information content (AvgIpc) is 3.16. The van der Waals surface area contributed by atoms with Gasteiger partial charge in [0, 0.05) is 12.6 Å². The molecule has 0 aromatic carbocycles. The number of urea groups is 1. The first kappa shape index (κ1) is 19.1. The highest BCUT2D eigenvalue weighted by molar-refractivity contribution is 6.09. The van der Waals surface area contributed by atoms with Crippen LogP contribution in [0.4, 0.5) is 4.79 Å². The lowest BCUT2D eigenvalue weighted by Gasteiger charge is -2.40. The lowest BCUT2D eigenvalue weighted by molar-refractivity contribution is -0.136. The molecule has 2 aliphatic heterocycles. The summed E-state index contributed by atoms with van der Waals surface area (Å²) in [6.45, 7) is 8.00. The van der Waals surface area contributed by atoms with Gasteiger partial charge in [0.1, 0.15) is 12.1 Å². The summed E-state index contributed by atoms with van der Waals surface area (Å²) in [7, 11) is 0. The maximum absolute atomic E-state index is 12.9. The van der Waals surface area contributed by atoms with Crippen LogP contribution in [0.1, 0.15) is 59.3 Å². The number of nitrogens with zero attached hydrogens (tertiary/aromatic N) is 1. The van der Waals surface area contributed by atoms with E-state index in [0.717, 1.165) is 37.1 Å². The Balaban J connectivity index is 1.54. The molecule has 0 radical (unpaired) electrons. The molecule has 3 rings (SSSR count). The number of hydrogen-bond donors (Lipinski definition) is 3. The van der Waals surface area contributed by atoms with Crippen LogP contribution in [0.15, 0.2) is 0 Å². The van der Waals surface area contributed by atoms with Crippen molar-refractivity contribution in [2.45, 2.75) is 70.9 Å². The van der Waals surface area contributed by atoms with Crippen molar-refractivity contribution >= 4 is 17.8 Å². The van der Waals surface area contributed by atoms with Gasteiger partial charge in [0.05, 0.1) is 0 Å². The van der Waals surface area contributed by atoms with E-state index in [1.807, 2.05) is 0 Å². The molecule has 1 saturated carbocycles. The van der Waals surface area contributed by atoms with E-state index in [1.54, 1.807) is 0 Å². The number of imide groups is 1. The van der Waals surface area contributed by atoms with Gasteiger partial charge in [-0.3, -0.25) is 14.5 Å². The third-order valence-electron chi connectivity index (χ3n) is 6.32. The zero-order valence-corrected chi connectivity index (χ0v) is 16.2. The maximum atomic E-state index is 12.9. The van der Waals surface area contributed by atoms with E-state index in [0.29, 0.717) is 31.3 Å². The van der Waals surface area contributed by atoms with Crippen molar-refractivity contribution < 1.29 is 14.4 Å². The molecule has 3 N–H and O–H groups in total. The highest BCUT2D eigenvalue weighted by Crippen LogP contribution is 2.43. The number of nitrogens with one attached hydrogen (secondary N) is 3. The Morgan fingerprint density at radius 3 is 2.50 bits per heavy atom. The Bertz CT molecular complexity index is 570. The van der Waals surface area contributed by atoms with Crippen molar-refractivity contribution in [1.29, 1.82) is 0 Å². The number of carbonyl (C=O) groups excluding carboxylic acids is 3. The van der Waals surface area contributed by atoms with Gasteiger partial charge in [-0.05, 0) is 56.4 Å². The highest BCUT2D eigenvalue weighted by Gasteiger charge is 2.53. The molecule has 26 heavy (non-hydrogen) atoms. The fourth-order valence-electron chi connectivity index (χ4n) is 4.50. The minimum absolute atomic E-state index is 0.193. The minimum Gasteiger partial charge on any atom is -0.353 e. The van der Waals surface area contributed by atoms with Crippen molar-refractivity contribution in [2.24, 2.45) is 11.3 Å². The maximum Gasteiger partial charge on any atom is 0.325 e. The lowest BCUT2D eigenvalue weighted by atomic mass is 9.67. The molecule has 1 atom stereocenters.